The molecule has 5 nitrogen and oxygen atoms in total. The molecule has 17 heavy (non-hydrogen) atoms. The van der Waals surface area contributed by atoms with Crippen molar-refractivity contribution in [3.63, 3.8) is 0 Å². The maximum Gasteiger partial charge on any atom is 0.337 e. The number of hydrogen-bond donors (Lipinski definition) is 3. The highest BCUT2D eigenvalue weighted by Gasteiger charge is 2.10. The van der Waals surface area contributed by atoms with Crippen LogP contribution in [0.3, 0.4) is 0 Å². The number of anilines is 2. The van der Waals surface area contributed by atoms with E-state index >= 15 is 0 Å². The van der Waals surface area contributed by atoms with Crippen LogP contribution < -0.4 is 11.1 Å². The molecule has 1 aromatic carbocycles. The first kappa shape index (κ1) is 11.4. The Hall–Kier alpha value is -2.08. The number of rotatable bonds is 4. The van der Waals surface area contributed by atoms with Crippen molar-refractivity contribution < 1.29 is 9.90 Å². The molecule has 0 unspecified atom stereocenters. The van der Waals surface area contributed by atoms with Crippen molar-refractivity contribution in [2.45, 2.75) is 6.54 Å². The number of carbonyl (C=O) groups is 1. The van der Waals surface area contributed by atoms with E-state index in [1.54, 1.807) is 17.6 Å². The van der Waals surface area contributed by atoms with Gasteiger partial charge in [0.1, 0.15) is 0 Å². The standard InChI is InChI=1S/C11H11N3O2S/c12-7-1-2-10(9(3-7)11(15)16)13-4-8-5-17-6-14-8/h1-3,5-6,13H,4,12H2,(H,15,16). The predicted molar refractivity (Wildman–Crippen MR) is 67.3 cm³/mol. The molecule has 0 saturated heterocycles. The molecule has 0 aliphatic carbocycles. The van der Waals surface area contributed by atoms with Gasteiger partial charge in [0.05, 0.1) is 23.3 Å². The maximum absolute atomic E-state index is 11.0. The van der Waals surface area contributed by atoms with Gasteiger partial charge in [0.15, 0.2) is 0 Å². The normalized spacial score (nSPS) is 10.1. The largest absolute Gasteiger partial charge is 0.478 e. The van der Waals surface area contributed by atoms with Gasteiger partial charge in [0.25, 0.3) is 0 Å². The number of aromatic nitrogens is 1. The fourth-order valence-electron chi connectivity index (χ4n) is 1.40. The zero-order valence-electron chi connectivity index (χ0n) is 8.88. The monoisotopic (exact) mass is 249 g/mol. The molecule has 0 saturated carbocycles. The Morgan fingerprint density at radius 1 is 1.53 bits per heavy atom. The van der Waals surface area contributed by atoms with Crippen LogP contribution in [0.1, 0.15) is 16.1 Å². The number of nitrogens with one attached hydrogen (secondary N) is 1. The van der Waals surface area contributed by atoms with E-state index in [0.717, 1.165) is 5.69 Å². The van der Waals surface area contributed by atoms with Gasteiger partial charge in [-0.15, -0.1) is 11.3 Å². The first-order chi connectivity index (χ1) is 8.16. The molecule has 2 rings (SSSR count). The zero-order chi connectivity index (χ0) is 12.3. The molecular weight excluding hydrogens is 238 g/mol. The lowest BCUT2D eigenvalue weighted by molar-refractivity contribution is 0.0698. The van der Waals surface area contributed by atoms with Crippen LogP contribution >= 0.6 is 11.3 Å². The number of nitrogen functional groups attached to an aromatic ring is 1. The Kier molecular flexibility index (Phi) is 3.24. The summed E-state index contributed by atoms with van der Waals surface area (Å²) in [5.74, 6) is -1.00. The minimum absolute atomic E-state index is 0.167. The minimum Gasteiger partial charge on any atom is -0.478 e. The minimum atomic E-state index is -1.00. The summed E-state index contributed by atoms with van der Waals surface area (Å²) in [6, 6.07) is 4.76. The van der Waals surface area contributed by atoms with Crippen LogP contribution in [-0.4, -0.2) is 16.1 Å². The average molecular weight is 249 g/mol. The van der Waals surface area contributed by atoms with Crippen molar-refractivity contribution in [1.82, 2.24) is 4.98 Å². The van der Waals surface area contributed by atoms with Gasteiger partial charge < -0.3 is 16.2 Å². The number of aromatic carboxylic acids is 1. The summed E-state index contributed by atoms with van der Waals surface area (Å²) in [5, 5.41) is 14.0. The van der Waals surface area contributed by atoms with Crippen LogP contribution in [0, 0.1) is 0 Å². The molecule has 0 bridgehead atoms. The average Bonchev–Trinajstić information content (AvgIpc) is 2.80. The number of benzene rings is 1. The molecule has 0 spiro atoms. The highest BCUT2D eigenvalue weighted by molar-refractivity contribution is 7.07. The van der Waals surface area contributed by atoms with E-state index in [2.05, 4.69) is 10.3 Å². The molecular formula is C11H11N3O2S. The van der Waals surface area contributed by atoms with Gasteiger partial charge >= 0.3 is 5.97 Å². The third kappa shape index (κ3) is 2.73. The summed E-state index contributed by atoms with van der Waals surface area (Å²) in [4.78, 5) is 15.1. The van der Waals surface area contributed by atoms with Gasteiger partial charge in [0, 0.05) is 16.8 Å². The Balaban J connectivity index is 2.17. The molecule has 88 valence electrons. The summed E-state index contributed by atoms with van der Waals surface area (Å²) >= 11 is 1.50. The van der Waals surface area contributed by atoms with Gasteiger partial charge in [-0.05, 0) is 18.2 Å². The number of carboxylic acid groups (broad SMARTS) is 1. The number of nitrogens with zero attached hydrogens (tertiary/aromatic N) is 1. The van der Waals surface area contributed by atoms with Crippen LogP contribution in [0.4, 0.5) is 11.4 Å². The predicted octanol–water partition coefficient (Wildman–Crippen LogP) is 2.04. The molecule has 1 heterocycles. The molecule has 0 aliphatic heterocycles. The van der Waals surface area contributed by atoms with E-state index in [1.165, 1.54) is 17.4 Å². The second-order valence-corrected chi connectivity index (χ2v) is 4.16. The van der Waals surface area contributed by atoms with E-state index in [-0.39, 0.29) is 5.56 Å². The zero-order valence-corrected chi connectivity index (χ0v) is 9.70. The lowest BCUT2D eigenvalue weighted by Gasteiger charge is -2.08. The number of nitrogens with two attached hydrogens (primary N) is 1. The van der Waals surface area contributed by atoms with Gasteiger partial charge in [0.2, 0.25) is 0 Å². The smallest absolute Gasteiger partial charge is 0.337 e. The van der Waals surface area contributed by atoms with Crippen LogP contribution in [0.15, 0.2) is 29.1 Å². The fourth-order valence-corrected chi connectivity index (χ4v) is 1.96. The van der Waals surface area contributed by atoms with Crippen molar-refractivity contribution >= 4 is 28.7 Å². The molecule has 6 heteroatoms. The summed E-state index contributed by atoms with van der Waals surface area (Å²) in [7, 11) is 0. The quantitative estimate of drug-likeness (QED) is 0.721. The van der Waals surface area contributed by atoms with Crippen molar-refractivity contribution in [1.29, 1.82) is 0 Å². The first-order valence-corrected chi connectivity index (χ1v) is 5.85. The molecule has 1 aromatic heterocycles. The van der Waals surface area contributed by atoms with Gasteiger partial charge in [-0.1, -0.05) is 0 Å². The molecule has 0 fully saturated rings. The fraction of sp³-hybridized carbons (Fsp3) is 0.0909. The van der Waals surface area contributed by atoms with Crippen LogP contribution in [0.5, 0.6) is 0 Å². The Morgan fingerprint density at radius 3 is 3.00 bits per heavy atom. The molecule has 4 N–H and O–H groups in total. The van der Waals surface area contributed by atoms with Gasteiger partial charge in [-0.3, -0.25) is 0 Å². The highest BCUT2D eigenvalue weighted by atomic mass is 32.1. The molecule has 0 radical (unpaired) electrons. The van der Waals surface area contributed by atoms with Gasteiger partial charge in [-0.25, -0.2) is 9.78 Å². The second-order valence-electron chi connectivity index (χ2n) is 3.44. The summed E-state index contributed by atoms with van der Waals surface area (Å²) in [6.45, 7) is 0.494. The Morgan fingerprint density at radius 2 is 2.35 bits per heavy atom. The Bertz CT molecular complexity index is 526. The van der Waals surface area contributed by atoms with Crippen LogP contribution in [0.25, 0.3) is 0 Å². The molecule has 0 atom stereocenters. The third-order valence-electron chi connectivity index (χ3n) is 2.22. The van der Waals surface area contributed by atoms with Crippen molar-refractivity contribution in [2.75, 3.05) is 11.1 Å². The van der Waals surface area contributed by atoms with Crippen LogP contribution in [0.2, 0.25) is 0 Å². The number of carboxylic acids is 1. The van der Waals surface area contributed by atoms with E-state index < -0.39 is 5.97 Å². The van der Waals surface area contributed by atoms with Gasteiger partial charge in [-0.2, -0.15) is 0 Å². The van der Waals surface area contributed by atoms with Crippen molar-refractivity contribution in [3.05, 3.63) is 40.3 Å². The lowest BCUT2D eigenvalue weighted by atomic mass is 10.1. The molecule has 0 aliphatic rings. The van der Waals surface area contributed by atoms with Crippen LogP contribution in [-0.2, 0) is 6.54 Å². The number of hydrogen-bond acceptors (Lipinski definition) is 5. The Labute approximate surface area is 102 Å². The van der Waals surface area contributed by atoms with E-state index in [4.69, 9.17) is 10.8 Å². The first-order valence-electron chi connectivity index (χ1n) is 4.90. The number of thiazole rings is 1. The van der Waals surface area contributed by atoms with Crippen molar-refractivity contribution in [2.24, 2.45) is 0 Å². The van der Waals surface area contributed by atoms with Crippen molar-refractivity contribution in [3.8, 4) is 0 Å². The summed E-state index contributed by atoms with van der Waals surface area (Å²) in [6.07, 6.45) is 0. The topological polar surface area (TPSA) is 88.2 Å². The summed E-state index contributed by atoms with van der Waals surface area (Å²) in [5.41, 5.74) is 9.31. The SMILES string of the molecule is Nc1ccc(NCc2cscn2)c(C(=O)O)c1. The van der Waals surface area contributed by atoms with E-state index in [0.29, 0.717) is 17.9 Å². The second kappa shape index (κ2) is 4.84. The highest BCUT2D eigenvalue weighted by Crippen LogP contribution is 2.19. The summed E-state index contributed by atoms with van der Waals surface area (Å²) < 4.78 is 0. The maximum atomic E-state index is 11.0. The molecule has 2 aromatic rings. The molecule has 0 amide bonds. The lowest BCUT2D eigenvalue weighted by Crippen LogP contribution is -2.07. The van der Waals surface area contributed by atoms with E-state index in [9.17, 15) is 4.79 Å². The van der Waals surface area contributed by atoms with E-state index in [1.807, 2.05) is 5.38 Å². The third-order valence-corrected chi connectivity index (χ3v) is 2.85.